The highest BCUT2D eigenvalue weighted by Gasteiger charge is 2.26. The van der Waals surface area contributed by atoms with E-state index >= 15 is 0 Å². The van der Waals surface area contributed by atoms with Gasteiger partial charge in [-0.2, -0.15) is 0 Å². The van der Waals surface area contributed by atoms with Crippen LogP contribution in [0.2, 0.25) is 0 Å². The summed E-state index contributed by atoms with van der Waals surface area (Å²) in [6.07, 6.45) is 29.5. The van der Waals surface area contributed by atoms with E-state index < -0.39 is 0 Å². The van der Waals surface area contributed by atoms with E-state index in [1.165, 1.54) is 134 Å². The summed E-state index contributed by atoms with van der Waals surface area (Å²) in [6.45, 7) is 14.2. The van der Waals surface area contributed by atoms with Gasteiger partial charge in [-0.1, -0.05) is 80.1 Å². The summed E-state index contributed by atoms with van der Waals surface area (Å²) < 4.78 is 0. The minimum absolute atomic E-state index is 0.197. The van der Waals surface area contributed by atoms with Crippen LogP contribution in [0.15, 0.2) is 0 Å². The van der Waals surface area contributed by atoms with E-state index in [9.17, 15) is 0 Å². The Kier molecular flexibility index (Phi) is 21.7. The van der Waals surface area contributed by atoms with Crippen LogP contribution in [0, 0.1) is 0 Å². The largest absolute Gasteiger partial charge is 0.131 e. The van der Waals surface area contributed by atoms with Crippen LogP contribution in [-0.4, -0.2) is 34.0 Å². The molecule has 3 unspecified atom stereocenters. The van der Waals surface area contributed by atoms with Gasteiger partial charge in [0.15, 0.2) is 0 Å². The molecule has 34 heavy (non-hydrogen) atoms. The van der Waals surface area contributed by atoms with Crippen molar-refractivity contribution in [2.75, 3.05) is 18.5 Å². The van der Waals surface area contributed by atoms with Gasteiger partial charge in [0.1, 0.15) is 0 Å². The van der Waals surface area contributed by atoms with Crippen molar-refractivity contribution in [3.05, 3.63) is 0 Å². The van der Waals surface area contributed by atoms with Gasteiger partial charge in [-0.25, -0.2) is 0 Å². The van der Waals surface area contributed by atoms with Crippen molar-refractivity contribution in [2.24, 2.45) is 0 Å². The predicted octanol–water partition coefficient (Wildman–Crippen LogP) is 11.5. The van der Waals surface area contributed by atoms with Gasteiger partial charge in [-0.15, -0.1) is 35.6 Å². The molecule has 0 spiro atoms. The molecule has 0 aliphatic heterocycles. The van der Waals surface area contributed by atoms with Gasteiger partial charge in [0, 0.05) is 0 Å². The zero-order valence-corrected chi connectivity index (χ0v) is 28.9. The normalized spacial score (nSPS) is 13.2. The molecule has 0 bridgehead atoms. The van der Waals surface area contributed by atoms with Crippen molar-refractivity contribution in [3.8, 4) is 0 Å². The molecule has 3 atom stereocenters. The summed E-state index contributed by atoms with van der Waals surface area (Å²) in [4.78, 5) is 0. The maximum atomic E-state index is 3.29. The van der Waals surface area contributed by atoms with Gasteiger partial charge < -0.3 is 0 Å². The van der Waals surface area contributed by atoms with Gasteiger partial charge in [0.2, 0.25) is 0 Å². The second-order valence-electron chi connectivity index (χ2n) is 11.7. The van der Waals surface area contributed by atoms with Crippen molar-refractivity contribution in [1.82, 2.24) is 0 Å². The Hall–Kier alpha value is 1.72. The fourth-order valence-electron chi connectivity index (χ4n) is 6.41. The lowest BCUT2D eigenvalue weighted by molar-refractivity contribution is 0.449. The quantitative estimate of drug-likeness (QED) is 0.105. The molecule has 4 heteroatoms. The molecule has 0 N–H and O–H groups in total. The number of hydrogen-bond acceptors (Lipinski definition) is 0. The van der Waals surface area contributed by atoms with E-state index in [1.807, 2.05) is 0 Å². The minimum Gasteiger partial charge on any atom is -0.131 e. The Balaban J connectivity index is 4.99. The lowest BCUT2D eigenvalue weighted by atomic mass is 9.92. The second kappa shape index (κ2) is 20.7. The van der Waals surface area contributed by atoms with Crippen molar-refractivity contribution in [1.29, 1.82) is 0 Å². The first-order valence-corrected chi connectivity index (χ1v) is 18.9. The third kappa shape index (κ3) is 16.5. The van der Waals surface area contributed by atoms with Gasteiger partial charge in [-0.3, -0.25) is 0 Å². The van der Waals surface area contributed by atoms with Crippen LogP contribution < -0.4 is 0 Å². The standard InChI is InChI=1S/C30H66P4/c1-7-16-28(31,17-8-2)22-13-25-34(26-14-23-29(32,18-9-3)19-10-4)27-15-24-30(33,20-11-5)21-12-6/h7-27,31-33H2,1-6H3. The Labute approximate surface area is 226 Å². The first kappa shape index (κ1) is 35.7. The molecule has 0 rings (SSSR count). The molecule has 0 aliphatic carbocycles. The van der Waals surface area contributed by atoms with E-state index in [-0.39, 0.29) is 7.92 Å². The molecule has 0 aromatic rings. The van der Waals surface area contributed by atoms with Gasteiger partial charge in [-0.05, 0) is 111 Å². The predicted molar refractivity (Wildman–Crippen MR) is 176 cm³/mol. The van der Waals surface area contributed by atoms with Crippen LogP contribution in [0.1, 0.15) is 157 Å². The highest BCUT2D eigenvalue weighted by molar-refractivity contribution is 7.57. The third-order valence-electron chi connectivity index (χ3n) is 7.93. The van der Waals surface area contributed by atoms with E-state index in [1.54, 1.807) is 0 Å². The van der Waals surface area contributed by atoms with Crippen molar-refractivity contribution in [2.45, 2.75) is 173 Å². The summed E-state index contributed by atoms with van der Waals surface area (Å²) in [5.41, 5.74) is 0. The summed E-state index contributed by atoms with van der Waals surface area (Å²) >= 11 is 0. The fraction of sp³-hybridized carbons (Fsp3) is 1.00. The van der Waals surface area contributed by atoms with Crippen LogP contribution in [0.4, 0.5) is 0 Å². The average Bonchev–Trinajstić information content (AvgIpc) is 2.74. The summed E-state index contributed by atoms with van der Waals surface area (Å²) in [5, 5.41) is 1.54. The summed E-state index contributed by atoms with van der Waals surface area (Å²) in [5.74, 6) is 0. The molecule has 0 nitrogen and oxygen atoms in total. The highest BCUT2D eigenvalue weighted by Crippen LogP contribution is 2.45. The monoisotopic (exact) mass is 550 g/mol. The lowest BCUT2D eigenvalue weighted by Gasteiger charge is -2.32. The summed E-state index contributed by atoms with van der Waals surface area (Å²) in [7, 11) is 10.1. The molecule has 0 aromatic heterocycles. The highest BCUT2D eigenvalue weighted by atomic mass is 31.1. The number of hydrogen-bond donors (Lipinski definition) is 0. The van der Waals surface area contributed by atoms with E-state index in [0.29, 0.717) is 15.5 Å². The zero-order valence-electron chi connectivity index (χ0n) is 24.5. The van der Waals surface area contributed by atoms with Crippen LogP contribution in [0.5, 0.6) is 0 Å². The molecular formula is C30H66P4. The van der Waals surface area contributed by atoms with Gasteiger partial charge in [0.25, 0.3) is 0 Å². The Bertz CT molecular complexity index is 380. The second-order valence-corrected chi connectivity index (χ2v) is 18.1. The molecular weight excluding hydrogens is 484 g/mol. The zero-order chi connectivity index (χ0) is 25.9. The maximum absolute atomic E-state index is 3.29. The SMILES string of the molecule is CCCC(P)(CCC)CCCP(CCCC(P)(CCC)CCC)CCCC(P)(CCC)CCC. The van der Waals surface area contributed by atoms with Crippen molar-refractivity contribution in [3.63, 3.8) is 0 Å². The molecule has 0 amide bonds. The Morgan fingerprint density at radius 1 is 0.382 bits per heavy atom. The molecule has 0 heterocycles. The first-order valence-electron chi connectivity index (χ1n) is 15.2. The molecule has 0 radical (unpaired) electrons. The third-order valence-corrected chi connectivity index (χ3v) is 13.4. The van der Waals surface area contributed by atoms with Crippen molar-refractivity contribution < 1.29 is 0 Å². The molecule has 206 valence electrons. The van der Waals surface area contributed by atoms with Crippen LogP contribution >= 0.6 is 35.6 Å². The maximum Gasteiger partial charge on any atom is -0.0150 e. The average molecular weight is 551 g/mol. The van der Waals surface area contributed by atoms with E-state index in [2.05, 4.69) is 69.3 Å². The van der Waals surface area contributed by atoms with E-state index in [0.717, 1.165) is 0 Å². The first-order chi connectivity index (χ1) is 16.1. The lowest BCUT2D eigenvalue weighted by Crippen LogP contribution is -2.22. The molecule has 0 fully saturated rings. The van der Waals surface area contributed by atoms with Gasteiger partial charge >= 0.3 is 0 Å². The molecule has 0 aliphatic rings. The topological polar surface area (TPSA) is 0 Å². The number of rotatable bonds is 24. The van der Waals surface area contributed by atoms with Crippen LogP contribution in [0.3, 0.4) is 0 Å². The Morgan fingerprint density at radius 3 is 0.765 bits per heavy atom. The fourth-order valence-corrected chi connectivity index (χ4v) is 11.2. The molecule has 0 aromatic carbocycles. The van der Waals surface area contributed by atoms with Crippen LogP contribution in [-0.2, 0) is 0 Å². The minimum atomic E-state index is 0.197. The smallest absolute Gasteiger partial charge is 0.0150 e. The molecule has 0 saturated heterocycles. The summed E-state index contributed by atoms with van der Waals surface area (Å²) in [6, 6.07) is 0. The van der Waals surface area contributed by atoms with E-state index in [4.69, 9.17) is 0 Å². The molecule has 0 saturated carbocycles. The van der Waals surface area contributed by atoms with Gasteiger partial charge in [0.05, 0.1) is 0 Å². The van der Waals surface area contributed by atoms with Crippen LogP contribution in [0.25, 0.3) is 0 Å². The van der Waals surface area contributed by atoms with Crippen molar-refractivity contribution >= 4 is 35.6 Å². The Morgan fingerprint density at radius 2 is 0.588 bits per heavy atom.